The third-order valence-corrected chi connectivity index (χ3v) is 23.1. The van der Waals surface area contributed by atoms with Crippen LogP contribution in [0.4, 0.5) is 0 Å². The molecule has 1 aromatic rings. The summed E-state index contributed by atoms with van der Waals surface area (Å²) < 4.78 is 59.7. The van der Waals surface area contributed by atoms with Crippen molar-refractivity contribution in [1.29, 1.82) is 0 Å². The number of hydrogen-bond acceptors (Lipinski definition) is 25. The number of aliphatic hydroxyl groups excluding tert-OH is 11. The van der Waals surface area contributed by atoms with E-state index >= 15 is 4.79 Å². The van der Waals surface area contributed by atoms with Crippen molar-refractivity contribution in [2.45, 2.75) is 248 Å². The average molecular weight is 1280 g/mol. The van der Waals surface area contributed by atoms with E-state index in [1.165, 1.54) is 27.0 Å². The molecule has 9 aliphatic rings. The number of fused-ring (bicyclic) bond motifs is 7. The molecule has 26 nitrogen and oxygen atoms in total. The SMILES string of the molecule is COc1ccc(/C=C\C(=O)O[C@H]2[C@@H](O)[C@H](O[C@@H]3O[C@@H](C)[C@H](O)[C@@H](O)[C@H]3O)[C@@H](OC(=O)[C@]34CCC(C)(C)CC3C3=CCC5[C@@]6(C)CC[C@H](O[C@H]7O[C@H](C(=O)O)[C@@H](O)[C@H](O)[C@H]7O[C@@H]7O[C@H](CO)[C@H](O)[C@H](O)[C@H]7O)[C@@](C)(C=O)C6CC[C@@]5(C)[C@]3(C)C[C@H]4O)O[C@H]2C)cc1. The number of carbonyl (C=O) groups is 4. The van der Waals surface area contributed by atoms with E-state index in [0.29, 0.717) is 49.8 Å². The standard InChI is InChI=1S/C64H92O26/c1-28-40(69)42(71)46(75)54(82-28)89-52-48(77)49(86-39(68)17-12-30-10-13-31(81-9)14-11-30)29(2)83-56(52)90-58(80)64-23-22-59(3,4)24-33(64)32-15-16-36-60(5)20-19-38(61(6,27-66)35(60)18-21-62(36,7)63(32,8)25-37(64)67)85-57-51(45(74)44(73)50(87-57)53(78)79)88-55-47(76)43(72)41(70)34(26-65)84-55/h10-15,17,27-29,33-38,40-52,54-57,65,67,69-77H,16,18-26H2,1-9H3,(H,78,79)/b17-12-/t28-,29-,33?,34+,35?,36?,37+,38-,40-,41-,42+,43-,44-,45-,46+,47+,48+,49+,50-,51+,52-,54-,55-,56+,57-,60-,61-,62+,63+,64+/m0/s1. The number of aliphatic hydroxyl groups is 11. The molecular weight excluding hydrogens is 1180 g/mol. The number of carboxylic acid groups (broad SMARTS) is 1. The van der Waals surface area contributed by atoms with Gasteiger partial charge < -0.3 is 113 Å². The third kappa shape index (κ3) is 11.6. The van der Waals surface area contributed by atoms with E-state index in [1.54, 1.807) is 31.2 Å². The molecule has 0 bridgehead atoms. The summed E-state index contributed by atoms with van der Waals surface area (Å²) in [5.74, 6) is -3.91. The molecule has 26 heteroatoms. The van der Waals surface area contributed by atoms with Crippen LogP contribution in [0.25, 0.3) is 6.08 Å². The number of ether oxygens (including phenoxy) is 10. The first kappa shape index (κ1) is 68.7. The Bertz CT molecular complexity index is 2830. The van der Waals surface area contributed by atoms with Gasteiger partial charge in [-0.05, 0) is 135 Å². The molecular formula is C64H92O26. The molecule has 90 heavy (non-hydrogen) atoms. The zero-order chi connectivity index (χ0) is 65.7. The van der Waals surface area contributed by atoms with Crippen LogP contribution in [-0.4, -0.2) is 234 Å². The van der Waals surface area contributed by atoms with Crippen molar-refractivity contribution in [3.8, 4) is 5.75 Å². The molecule has 0 spiro atoms. The van der Waals surface area contributed by atoms with E-state index in [2.05, 4.69) is 40.7 Å². The Balaban J connectivity index is 0.920. The van der Waals surface area contributed by atoms with Gasteiger partial charge in [-0.3, -0.25) is 4.79 Å². The highest BCUT2D eigenvalue weighted by atomic mass is 16.8. The molecule has 5 aliphatic carbocycles. The minimum absolute atomic E-state index is 0.107. The number of carboxylic acids is 1. The lowest BCUT2D eigenvalue weighted by Crippen LogP contribution is -2.69. The predicted octanol–water partition coefficient (Wildman–Crippen LogP) is 0.535. The highest BCUT2D eigenvalue weighted by Crippen LogP contribution is 2.76. The molecule has 4 aliphatic heterocycles. The van der Waals surface area contributed by atoms with Gasteiger partial charge in [0.15, 0.2) is 37.2 Å². The summed E-state index contributed by atoms with van der Waals surface area (Å²) in [6.45, 7) is 14.6. The van der Waals surface area contributed by atoms with Crippen molar-refractivity contribution in [2.24, 2.45) is 50.2 Å². The highest BCUT2D eigenvalue weighted by molar-refractivity contribution is 5.87. The largest absolute Gasteiger partial charge is 0.497 e. The lowest BCUT2D eigenvalue weighted by atomic mass is 9.33. The van der Waals surface area contributed by atoms with E-state index in [0.717, 1.165) is 17.9 Å². The van der Waals surface area contributed by atoms with Crippen molar-refractivity contribution in [3.05, 3.63) is 47.6 Å². The summed E-state index contributed by atoms with van der Waals surface area (Å²) >= 11 is 0. The summed E-state index contributed by atoms with van der Waals surface area (Å²) in [6.07, 6.45) is -28.0. The Hall–Kier alpha value is -4.14. The average Bonchev–Trinajstić information content (AvgIpc) is 0.672. The zero-order valence-electron chi connectivity index (χ0n) is 52.2. The first-order valence-electron chi connectivity index (χ1n) is 31.4. The fraction of sp³-hybridized carbons (Fsp3) is 0.781. The fourth-order valence-electron chi connectivity index (χ4n) is 17.5. The summed E-state index contributed by atoms with van der Waals surface area (Å²) in [5, 5.41) is 132. The number of aldehydes is 1. The van der Waals surface area contributed by atoms with Gasteiger partial charge in [0.1, 0.15) is 84.6 Å². The Kier molecular flexibility index (Phi) is 19.5. The van der Waals surface area contributed by atoms with Crippen LogP contribution in [0, 0.1) is 50.2 Å². The number of aliphatic carboxylic acids is 1. The van der Waals surface area contributed by atoms with Gasteiger partial charge in [0.05, 0.1) is 43.5 Å². The topological polar surface area (TPSA) is 403 Å². The number of rotatable bonds is 15. The smallest absolute Gasteiger partial charge is 0.335 e. The van der Waals surface area contributed by atoms with Gasteiger partial charge in [0.25, 0.3) is 0 Å². The lowest BCUT2D eigenvalue weighted by molar-refractivity contribution is -0.373. The third-order valence-electron chi connectivity index (χ3n) is 23.1. The summed E-state index contributed by atoms with van der Waals surface area (Å²) in [7, 11) is 1.52. The second kappa shape index (κ2) is 25.5. The predicted molar refractivity (Wildman–Crippen MR) is 308 cm³/mol. The van der Waals surface area contributed by atoms with Gasteiger partial charge in [-0.25, -0.2) is 9.59 Å². The molecule has 12 N–H and O–H groups in total. The van der Waals surface area contributed by atoms with Crippen LogP contribution in [0.1, 0.15) is 119 Å². The molecule has 3 unspecified atom stereocenters. The molecule has 0 radical (unpaired) electrons. The minimum atomic E-state index is -2.10. The summed E-state index contributed by atoms with van der Waals surface area (Å²) in [5.41, 5.74) is -3.59. The lowest BCUT2D eigenvalue weighted by Gasteiger charge is -2.71. The summed E-state index contributed by atoms with van der Waals surface area (Å²) in [6, 6.07) is 6.84. The van der Waals surface area contributed by atoms with Crippen molar-refractivity contribution in [1.82, 2.24) is 0 Å². The van der Waals surface area contributed by atoms with Gasteiger partial charge in [-0.15, -0.1) is 0 Å². The van der Waals surface area contributed by atoms with Crippen molar-refractivity contribution in [3.63, 3.8) is 0 Å². The fourth-order valence-corrected chi connectivity index (χ4v) is 17.5. The second-order valence-corrected chi connectivity index (χ2v) is 28.6. The van der Waals surface area contributed by atoms with Crippen LogP contribution in [0.3, 0.4) is 0 Å². The van der Waals surface area contributed by atoms with E-state index in [9.17, 15) is 75.7 Å². The second-order valence-electron chi connectivity index (χ2n) is 28.6. The van der Waals surface area contributed by atoms with Crippen LogP contribution in [0.5, 0.6) is 5.75 Å². The Labute approximate surface area is 521 Å². The maximum atomic E-state index is 15.7. The number of allylic oxidation sites excluding steroid dienone is 2. The Morgan fingerprint density at radius 3 is 1.90 bits per heavy atom. The van der Waals surface area contributed by atoms with Crippen molar-refractivity contribution in [2.75, 3.05) is 13.7 Å². The molecule has 8 fully saturated rings. The molecule has 0 aromatic heterocycles. The van der Waals surface area contributed by atoms with Gasteiger partial charge in [0, 0.05) is 6.08 Å². The zero-order valence-corrected chi connectivity index (χ0v) is 52.2. The molecule has 4 heterocycles. The van der Waals surface area contributed by atoms with Gasteiger partial charge >= 0.3 is 17.9 Å². The van der Waals surface area contributed by atoms with Crippen molar-refractivity contribution < 1.29 is 128 Å². The molecule has 504 valence electrons. The van der Waals surface area contributed by atoms with E-state index in [-0.39, 0.29) is 30.6 Å². The van der Waals surface area contributed by atoms with Crippen molar-refractivity contribution >= 4 is 30.3 Å². The molecule has 30 atom stereocenters. The first-order chi connectivity index (χ1) is 42.2. The summed E-state index contributed by atoms with van der Waals surface area (Å²) in [4.78, 5) is 55.5. The van der Waals surface area contributed by atoms with E-state index in [4.69, 9.17) is 47.4 Å². The van der Waals surface area contributed by atoms with Crippen LogP contribution >= 0.6 is 0 Å². The Morgan fingerprint density at radius 2 is 1.27 bits per heavy atom. The first-order valence-corrected chi connectivity index (χ1v) is 31.4. The van der Waals surface area contributed by atoms with Crippen LogP contribution in [0.2, 0.25) is 0 Å². The number of esters is 2. The Morgan fingerprint density at radius 1 is 0.633 bits per heavy atom. The van der Waals surface area contributed by atoms with Gasteiger partial charge in [-0.2, -0.15) is 0 Å². The highest BCUT2D eigenvalue weighted by Gasteiger charge is 2.73. The number of hydrogen-bond donors (Lipinski definition) is 12. The maximum Gasteiger partial charge on any atom is 0.335 e. The molecule has 1 aromatic carbocycles. The molecule has 0 amide bonds. The van der Waals surface area contributed by atoms with E-state index < -0.39 is 198 Å². The van der Waals surface area contributed by atoms with Crippen LogP contribution in [0.15, 0.2) is 42.0 Å². The number of carbonyl (C=O) groups excluding carboxylic acids is 3. The minimum Gasteiger partial charge on any atom is -0.497 e. The molecule has 4 saturated heterocycles. The quantitative estimate of drug-likeness (QED) is 0.0375. The molecule has 4 saturated carbocycles. The normalized spacial score (nSPS) is 49.2. The molecule has 10 rings (SSSR count). The van der Waals surface area contributed by atoms with Crippen LogP contribution in [-0.2, 0) is 61.8 Å². The van der Waals surface area contributed by atoms with Gasteiger partial charge in [0.2, 0.25) is 6.29 Å². The maximum absolute atomic E-state index is 15.7. The van der Waals surface area contributed by atoms with Gasteiger partial charge in [-0.1, -0.05) is 65.3 Å². The number of methoxy groups -OCH3 is 1. The number of benzene rings is 1. The monoisotopic (exact) mass is 1280 g/mol. The van der Waals surface area contributed by atoms with E-state index in [1.807, 2.05) is 0 Å². The van der Waals surface area contributed by atoms with Crippen LogP contribution < -0.4 is 4.74 Å².